The van der Waals surface area contributed by atoms with Crippen molar-refractivity contribution >= 4 is 20.0 Å². The molecule has 7 heteroatoms. The first-order valence-corrected chi connectivity index (χ1v) is 6.54. The Morgan fingerprint density at radius 3 is 2.75 bits per heavy atom. The van der Waals surface area contributed by atoms with E-state index in [9.17, 15) is 19.4 Å². The molecule has 0 amide bonds. The highest BCUT2D eigenvalue weighted by atomic mass is 31.2. The number of benzene rings is 1. The molecule has 16 heavy (non-hydrogen) atoms. The van der Waals surface area contributed by atoms with Crippen molar-refractivity contribution in [2.45, 2.75) is 19.7 Å². The van der Waals surface area contributed by atoms with Gasteiger partial charge in [-0.2, -0.15) is 0 Å². The summed E-state index contributed by atoms with van der Waals surface area (Å²) in [4.78, 5) is 18.5. The van der Waals surface area contributed by atoms with Gasteiger partial charge < -0.3 is 19.5 Å². The van der Waals surface area contributed by atoms with Gasteiger partial charge >= 0.3 is 14.7 Å². The molecule has 0 saturated carbocycles. The van der Waals surface area contributed by atoms with E-state index in [1.807, 2.05) is 0 Å². The van der Waals surface area contributed by atoms with Crippen LogP contribution in [0.1, 0.15) is 11.1 Å². The molecule has 1 aliphatic rings. The van der Waals surface area contributed by atoms with E-state index in [0.29, 0.717) is 18.3 Å². The predicted octanol–water partition coefficient (Wildman–Crippen LogP) is 0.213. The molecule has 0 aliphatic carbocycles. The third-order valence-electron chi connectivity index (χ3n) is 2.62. The van der Waals surface area contributed by atoms with Gasteiger partial charge in [0.1, 0.15) is 11.1 Å². The molecule has 1 heterocycles. The van der Waals surface area contributed by atoms with Crippen LogP contribution in [0.5, 0.6) is 5.75 Å². The Bertz CT molecular complexity index is 469. The van der Waals surface area contributed by atoms with E-state index in [1.165, 1.54) is 0 Å². The Hall–Kier alpha value is -0.805. The fraction of sp³-hybridized carbons (Fsp3) is 0.333. The van der Waals surface area contributed by atoms with Gasteiger partial charge in [0.15, 0.2) is 0 Å². The molecule has 0 atom stereocenters. The van der Waals surface area contributed by atoms with Crippen molar-refractivity contribution in [2.75, 3.05) is 0 Å². The number of rotatable bonds is 1. The first-order chi connectivity index (χ1) is 7.39. The first-order valence-electron chi connectivity index (χ1n) is 4.93. The van der Waals surface area contributed by atoms with Gasteiger partial charge in [-0.1, -0.05) is 12.1 Å². The molecule has 1 aromatic carbocycles. The smallest absolute Gasteiger partial charge is 0.522 e. The second-order valence-corrected chi connectivity index (χ2v) is 5.41. The van der Waals surface area contributed by atoms with Crippen LogP contribution in [0.15, 0.2) is 12.1 Å². The van der Waals surface area contributed by atoms with E-state index < -0.39 is 14.7 Å². The van der Waals surface area contributed by atoms with Crippen molar-refractivity contribution < 1.29 is 24.0 Å². The first kappa shape index (κ1) is 11.7. The highest BCUT2D eigenvalue weighted by molar-refractivity contribution is 7.60. The number of hydrogen-bond donors (Lipinski definition) is 3. The Kier molecular flexibility index (Phi) is 2.84. The molecule has 86 valence electrons. The average molecular weight is 242 g/mol. The summed E-state index contributed by atoms with van der Waals surface area (Å²) in [5.74, 6) is 0.145. The zero-order valence-electron chi connectivity index (χ0n) is 8.75. The zero-order valence-corrected chi connectivity index (χ0v) is 9.65. The van der Waals surface area contributed by atoms with Crippen LogP contribution in [0.25, 0.3) is 0 Å². The molecular formula is C9H12BO5P. The normalized spacial score (nSPS) is 15.6. The fourth-order valence-electron chi connectivity index (χ4n) is 1.88. The van der Waals surface area contributed by atoms with Crippen molar-refractivity contribution in [2.24, 2.45) is 0 Å². The lowest BCUT2D eigenvalue weighted by Gasteiger charge is -2.24. The minimum Gasteiger partial charge on any atom is -0.535 e. The monoisotopic (exact) mass is 242 g/mol. The summed E-state index contributed by atoms with van der Waals surface area (Å²) in [7, 11) is -5.37. The van der Waals surface area contributed by atoms with Crippen LogP contribution < -0.4 is 9.96 Å². The second-order valence-electron chi connectivity index (χ2n) is 3.87. The lowest BCUT2D eigenvalue weighted by molar-refractivity contribution is 0.380. The third-order valence-corrected chi connectivity index (χ3v) is 3.76. The maximum atomic E-state index is 11.4. The molecule has 0 aromatic heterocycles. The molecular weight excluding hydrogens is 230 g/mol. The van der Waals surface area contributed by atoms with E-state index >= 15 is 0 Å². The van der Waals surface area contributed by atoms with Crippen LogP contribution in [0.3, 0.4) is 0 Å². The molecule has 5 nitrogen and oxygen atoms in total. The van der Waals surface area contributed by atoms with Crippen LogP contribution in [0.4, 0.5) is 0 Å². The van der Waals surface area contributed by atoms with E-state index in [4.69, 9.17) is 4.65 Å². The molecule has 0 spiro atoms. The van der Waals surface area contributed by atoms with Gasteiger partial charge in [0, 0.05) is 0 Å². The minimum absolute atomic E-state index is 0.108. The van der Waals surface area contributed by atoms with Gasteiger partial charge in [-0.05, 0) is 30.8 Å². The fourth-order valence-corrected chi connectivity index (χ4v) is 2.87. The summed E-state index contributed by atoms with van der Waals surface area (Å²) in [5.41, 5.74) is 1.20. The van der Waals surface area contributed by atoms with Crippen LogP contribution in [-0.2, 0) is 11.0 Å². The van der Waals surface area contributed by atoms with Crippen molar-refractivity contribution in [1.82, 2.24) is 0 Å². The van der Waals surface area contributed by atoms with Crippen LogP contribution in [0, 0.1) is 6.92 Å². The number of aryl methyl sites for hydroxylation is 2. The van der Waals surface area contributed by atoms with E-state index in [0.717, 1.165) is 5.56 Å². The molecule has 0 saturated heterocycles. The lowest BCUT2D eigenvalue weighted by Crippen LogP contribution is -2.30. The molecule has 0 unspecified atom stereocenters. The highest BCUT2D eigenvalue weighted by Gasteiger charge is 2.32. The molecule has 1 aromatic rings. The SMILES string of the molecule is Cc1ccc2c(c1P(=O)(O)O)OB(O)CC2. The zero-order chi connectivity index (χ0) is 11.9. The van der Waals surface area contributed by atoms with E-state index in [2.05, 4.69) is 0 Å². The summed E-state index contributed by atoms with van der Waals surface area (Å²) in [6.07, 6.45) is 1.00. The topological polar surface area (TPSA) is 87.0 Å². The Morgan fingerprint density at radius 2 is 2.12 bits per heavy atom. The lowest BCUT2D eigenvalue weighted by atomic mass is 9.79. The van der Waals surface area contributed by atoms with Crippen molar-refractivity contribution in [3.05, 3.63) is 23.3 Å². The predicted molar refractivity (Wildman–Crippen MR) is 60.0 cm³/mol. The van der Waals surface area contributed by atoms with Gasteiger partial charge in [0.05, 0.1) is 0 Å². The van der Waals surface area contributed by atoms with Crippen molar-refractivity contribution in [1.29, 1.82) is 0 Å². The number of fused-ring (bicyclic) bond motifs is 1. The van der Waals surface area contributed by atoms with Gasteiger partial charge in [0.2, 0.25) is 0 Å². The van der Waals surface area contributed by atoms with Gasteiger partial charge in [-0.3, -0.25) is 4.57 Å². The minimum atomic E-state index is -4.38. The molecule has 0 bridgehead atoms. The number of hydrogen-bond acceptors (Lipinski definition) is 3. The quantitative estimate of drug-likeness (QED) is 0.484. The van der Waals surface area contributed by atoms with Crippen molar-refractivity contribution in [3.8, 4) is 5.75 Å². The maximum Gasteiger partial charge on any atom is 0.522 e. The molecule has 0 radical (unpaired) electrons. The Morgan fingerprint density at radius 1 is 1.44 bits per heavy atom. The van der Waals surface area contributed by atoms with Crippen LogP contribution >= 0.6 is 7.60 Å². The second kappa shape index (κ2) is 3.89. The summed E-state index contributed by atoms with van der Waals surface area (Å²) in [6.45, 7) is 1.61. The summed E-state index contributed by atoms with van der Waals surface area (Å²) < 4.78 is 16.5. The van der Waals surface area contributed by atoms with Crippen LogP contribution in [-0.4, -0.2) is 21.9 Å². The molecule has 1 aliphatic heterocycles. The summed E-state index contributed by atoms with van der Waals surface area (Å²) in [6, 6.07) is 3.43. The van der Waals surface area contributed by atoms with Gasteiger partial charge in [0.25, 0.3) is 0 Å². The maximum absolute atomic E-state index is 11.4. The molecule has 0 fully saturated rings. The van der Waals surface area contributed by atoms with Crippen molar-refractivity contribution in [3.63, 3.8) is 0 Å². The average Bonchev–Trinajstić information content (AvgIpc) is 2.14. The Labute approximate surface area is 93.4 Å². The summed E-state index contributed by atoms with van der Waals surface area (Å²) >= 11 is 0. The third kappa shape index (κ3) is 2.02. The largest absolute Gasteiger partial charge is 0.535 e. The Balaban J connectivity index is 2.63. The molecule has 3 N–H and O–H groups in total. The van der Waals surface area contributed by atoms with E-state index in [-0.39, 0.29) is 11.1 Å². The molecule has 2 rings (SSSR count). The van der Waals surface area contributed by atoms with Gasteiger partial charge in [-0.15, -0.1) is 0 Å². The van der Waals surface area contributed by atoms with Crippen LogP contribution in [0.2, 0.25) is 6.32 Å². The van der Waals surface area contributed by atoms with Gasteiger partial charge in [-0.25, -0.2) is 0 Å². The van der Waals surface area contributed by atoms with E-state index in [1.54, 1.807) is 19.1 Å². The standard InChI is InChI=1S/C9H12BO5P/c1-6-2-3-7-4-5-10(11)15-8(7)9(6)16(12,13)14/h2-3,11H,4-5H2,1H3,(H2,12,13,14). The highest BCUT2D eigenvalue weighted by Crippen LogP contribution is 2.41. The summed E-state index contributed by atoms with van der Waals surface area (Å²) in [5, 5.41) is 9.25.